The summed E-state index contributed by atoms with van der Waals surface area (Å²) >= 11 is 0. The van der Waals surface area contributed by atoms with Gasteiger partial charge in [-0.05, 0) is 56.2 Å². The third kappa shape index (κ3) is 4.73. The van der Waals surface area contributed by atoms with Crippen LogP contribution in [-0.2, 0) is 28.7 Å². The molecule has 0 N–H and O–H groups in total. The number of benzene rings is 1. The van der Waals surface area contributed by atoms with E-state index in [1.807, 2.05) is 0 Å². The summed E-state index contributed by atoms with van der Waals surface area (Å²) in [5, 5.41) is 0. The van der Waals surface area contributed by atoms with Gasteiger partial charge in [0, 0.05) is 19.9 Å². The van der Waals surface area contributed by atoms with E-state index in [9.17, 15) is 24.0 Å². The summed E-state index contributed by atoms with van der Waals surface area (Å²) in [7, 11) is 0. The van der Waals surface area contributed by atoms with Crippen LogP contribution in [0, 0.1) is 6.92 Å². The molecule has 1 atom stereocenters. The quantitative estimate of drug-likeness (QED) is 0.366. The lowest BCUT2D eigenvalue weighted by molar-refractivity contribution is -0.145. The van der Waals surface area contributed by atoms with Crippen molar-refractivity contribution in [1.29, 1.82) is 0 Å². The van der Waals surface area contributed by atoms with Crippen molar-refractivity contribution in [2.45, 2.75) is 40.2 Å². The molecule has 1 aromatic rings. The van der Waals surface area contributed by atoms with Gasteiger partial charge in [0.2, 0.25) is 17.2 Å². The van der Waals surface area contributed by atoms with Crippen molar-refractivity contribution in [3.8, 4) is 11.5 Å². The molecule has 9 heteroatoms. The first-order chi connectivity index (χ1) is 16.0. The average molecular weight is 466 g/mol. The molecule has 0 saturated heterocycles. The molecule has 0 saturated carbocycles. The van der Waals surface area contributed by atoms with Crippen LogP contribution in [0.1, 0.15) is 43.6 Å². The monoisotopic (exact) mass is 466 g/mol. The van der Waals surface area contributed by atoms with E-state index in [0.717, 1.165) is 6.92 Å². The number of carbonyl (C=O) groups is 5. The second-order valence-corrected chi connectivity index (χ2v) is 7.71. The van der Waals surface area contributed by atoms with Gasteiger partial charge >= 0.3 is 17.9 Å². The molecule has 1 heterocycles. The zero-order chi connectivity index (χ0) is 25.2. The number of ketones is 2. The Hall–Kier alpha value is -4.27. The van der Waals surface area contributed by atoms with E-state index in [1.165, 1.54) is 51.3 Å². The van der Waals surface area contributed by atoms with Crippen molar-refractivity contribution in [2.75, 3.05) is 0 Å². The van der Waals surface area contributed by atoms with Crippen molar-refractivity contribution < 1.29 is 42.9 Å². The summed E-state index contributed by atoms with van der Waals surface area (Å²) in [5.41, 5.74) is -1.73. The number of hydrogen-bond donors (Lipinski definition) is 0. The molecular formula is C25H22O9. The molecule has 1 aromatic carbocycles. The minimum Gasteiger partial charge on any atom is -0.464 e. The zero-order valence-corrected chi connectivity index (χ0v) is 19.2. The van der Waals surface area contributed by atoms with Crippen LogP contribution in [0.15, 0.2) is 59.6 Å². The maximum Gasteiger partial charge on any atom is 0.343 e. The van der Waals surface area contributed by atoms with Crippen molar-refractivity contribution in [3.05, 3.63) is 70.7 Å². The number of aryl methyl sites for hydroxylation is 1. The van der Waals surface area contributed by atoms with E-state index < -0.39 is 35.1 Å². The lowest BCUT2D eigenvalue weighted by Crippen LogP contribution is -2.50. The highest BCUT2D eigenvalue weighted by molar-refractivity contribution is 6.26. The van der Waals surface area contributed by atoms with Crippen LogP contribution in [0.3, 0.4) is 0 Å². The van der Waals surface area contributed by atoms with Gasteiger partial charge < -0.3 is 18.9 Å². The van der Waals surface area contributed by atoms with Gasteiger partial charge in [0.15, 0.2) is 0 Å². The van der Waals surface area contributed by atoms with Gasteiger partial charge in [-0.1, -0.05) is 6.08 Å². The second kappa shape index (κ2) is 9.30. The fraction of sp³-hybridized carbons (Fsp3) is 0.240. The van der Waals surface area contributed by atoms with Crippen LogP contribution in [0.2, 0.25) is 0 Å². The minimum absolute atomic E-state index is 0.0367. The van der Waals surface area contributed by atoms with Crippen molar-refractivity contribution in [1.82, 2.24) is 0 Å². The molecule has 1 aliphatic carbocycles. The maximum absolute atomic E-state index is 13.2. The van der Waals surface area contributed by atoms with Gasteiger partial charge in [0.1, 0.15) is 29.1 Å². The molecule has 9 nitrogen and oxygen atoms in total. The molecule has 0 spiro atoms. The van der Waals surface area contributed by atoms with Crippen molar-refractivity contribution in [2.24, 2.45) is 0 Å². The number of esters is 3. The highest BCUT2D eigenvalue weighted by Gasteiger charge is 2.50. The average Bonchev–Trinajstić information content (AvgIpc) is 2.71. The normalized spacial score (nSPS) is 19.4. The molecule has 0 fully saturated rings. The van der Waals surface area contributed by atoms with Gasteiger partial charge in [-0.2, -0.15) is 0 Å². The Balaban J connectivity index is 1.99. The Labute approximate surface area is 195 Å². The Morgan fingerprint density at radius 3 is 2.32 bits per heavy atom. The van der Waals surface area contributed by atoms with Crippen molar-refractivity contribution >= 4 is 29.5 Å². The molecule has 2 aliphatic rings. The molecule has 0 radical (unpaired) electrons. The summed E-state index contributed by atoms with van der Waals surface area (Å²) in [6.45, 7) is 6.77. The summed E-state index contributed by atoms with van der Waals surface area (Å²) < 4.78 is 20.9. The molecule has 0 bridgehead atoms. The Morgan fingerprint density at radius 1 is 1.03 bits per heavy atom. The number of Topliss-reactive ketones (excluding diaryl/α,β-unsaturated/α-hetero) is 1. The number of carbonyl (C=O) groups excluding carboxylic acids is 5. The predicted octanol–water partition coefficient (Wildman–Crippen LogP) is 3.21. The lowest BCUT2D eigenvalue weighted by atomic mass is 9.80. The van der Waals surface area contributed by atoms with E-state index in [4.69, 9.17) is 18.9 Å². The number of allylic oxidation sites excluding steroid dienone is 4. The number of rotatable bonds is 5. The van der Waals surface area contributed by atoms with Gasteiger partial charge in [-0.3, -0.25) is 19.2 Å². The highest BCUT2D eigenvalue weighted by atomic mass is 16.6. The smallest absolute Gasteiger partial charge is 0.343 e. The minimum atomic E-state index is -2.17. The summed E-state index contributed by atoms with van der Waals surface area (Å²) in [4.78, 5) is 62.1. The molecular weight excluding hydrogens is 444 g/mol. The molecule has 1 aliphatic heterocycles. The Morgan fingerprint density at radius 2 is 1.71 bits per heavy atom. The SMILES string of the molecule is C/C=C/C1=CC2=CC(=O)[C@](C)(OC(=O)c3c(C)cc(OC(C)=O)cc3OC(C)=O)C(=O)C2=CO1. The fourth-order valence-corrected chi connectivity index (χ4v) is 3.44. The molecule has 0 amide bonds. The van der Waals surface area contributed by atoms with Gasteiger partial charge in [-0.25, -0.2) is 4.79 Å². The Kier molecular flexibility index (Phi) is 6.67. The molecule has 3 rings (SSSR count). The third-order valence-corrected chi connectivity index (χ3v) is 4.98. The van der Waals surface area contributed by atoms with Crippen LogP contribution >= 0.6 is 0 Å². The first kappa shape index (κ1) is 24.4. The molecule has 0 aromatic heterocycles. The standard InChI is InChI=1S/C25H22O9/c1-6-7-17-9-16-10-21(28)25(5,23(29)19(16)12-31-17)34-24(30)22-13(2)8-18(32-14(3)26)11-20(22)33-15(4)27/h6-12H,1-5H3/b7-6+/t25-/m0/s1. The highest BCUT2D eigenvalue weighted by Crippen LogP contribution is 2.36. The summed E-state index contributed by atoms with van der Waals surface area (Å²) in [6.07, 6.45) is 7.33. The lowest BCUT2D eigenvalue weighted by Gasteiger charge is -2.31. The largest absolute Gasteiger partial charge is 0.464 e. The number of fused-ring (bicyclic) bond motifs is 1. The number of hydrogen-bond acceptors (Lipinski definition) is 9. The second-order valence-electron chi connectivity index (χ2n) is 7.71. The van der Waals surface area contributed by atoms with Gasteiger partial charge in [0.25, 0.3) is 0 Å². The first-order valence-electron chi connectivity index (χ1n) is 10.2. The Bertz CT molecular complexity index is 1240. The third-order valence-electron chi connectivity index (χ3n) is 4.98. The van der Waals surface area contributed by atoms with Crippen LogP contribution in [-0.4, -0.2) is 35.1 Å². The zero-order valence-electron chi connectivity index (χ0n) is 19.2. The predicted molar refractivity (Wildman–Crippen MR) is 118 cm³/mol. The van der Waals surface area contributed by atoms with Crippen LogP contribution in [0.5, 0.6) is 11.5 Å². The molecule has 0 unspecified atom stereocenters. The first-order valence-corrected chi connectivity index (χ1v) is 10.2. The maximum atomic E-state index is 13.2. The van der Waals surface area contributed by atoms with Gasteiger partial charge in [-0.15, -0.1) is 0 Å². The van der Waals surface area contributed by atoms with Crippen LogP contribution in [0.4, 0.5) is 0 Å². The van der Waals surface area contributed by atoms with Crippen molar-refractivity contribution in [3.63, 3.8) is 0 Å². The van der Waals surface area contributed by atoms with E-state index in [1.54, 1.807) is 19.1 Å². The van der Waals surface area contributed by atoms with Gasteiger partial charge in [0.05, 0.1) is 5.57 Å². The van der Waals surface area contributed by atoms with Crippen LogP contribution in [0.25, 0.3) is 0 Å². The fourth-order valence-electron chi connectivity index (χ4n) is 3.44. The summed E-state index contributed by atoms with van der Waals surface area (Å²) in [6, 6.07) is 2.53. The van der Waals surface area contributed by atoms with E-state index in [-0.39, 0.29) is 28.2 Å². The van der Waals surface area contributed by atoms with Crippen LogP contribution < -0.4 is 9.47 Å². The number of ether oxygens (including phenoxy) is 4. The topological polar surface area (TPSA) is 122 Å². The summed E-state index contributed by atoms with van der Waals surface area (Å²) in [5.74, 6) is -3.71. The van der Waals surface area contributed by atoms with E-state index in [2.05, 4.69) is 0 Å². The van der Waals surface area contributed by atoms with E-state index >= 15 is 0 Å². The van der Waals surface area contributed by atoms with E-state index in [0.29, 0.717) is 11.3 Å². The molecule has 176 valence electrons. The molecule has 34 heavy (non-hydrogen) atoms.